The molecule has 1 aliphatic heterocycles. The second-order valence-corrected chi connectivity index (χ2v) is 12.3. The summed E-state index contributed by atoms with van der Waals surface area (Å²) in [5.74, 6) is -0.213. The molecule has 9 heteroatoms. The van der Waals surface area contributed by atoms with E-state index < -0.39 is 49.5 Å². The Morgan fingerprint density at radius 2 is 1.28 bits per heavy atom. The molecule has 0 aromatic carbocycles. The second-order valence-electron chi connectivity index (χ2n) is 12.3. The first kappa shape index (κ1) is 42.9. The predicted molar refractivity (Wildman–Crippen MR) is 189 cm³/mol. The van der Waals surface area contributed by atoms with Gasteiger partial charge in [0.05, 0.1) is 25.4 Å². The van der Waals surface area contributed by atoms with Crippen LogP contribution in [0.1, 0.15) is 117 Å². The lowest BCUT2D eigenvalue weighted by atomic mass is 9.99. The maximum absolute atomic E-state index is 12.8. The van der Waals surface area contributed by atoms with Gasteiger partial charge in [-0.25, -0.2) is 0 Å². The molecule has 1 saturated heterocycles. The van der Waals surface area contributed by atoms with Gasteiger partial charge in [0.15, 0.2) is 6.29 Å². The van der Waals surface area contributed by atoms with E-state index in [9.17, 15) is 30.3 Å². The van der Waals surface area contributed by atoms with Crippen LogP contribution in [-0.4, -0.2) is 87.5 Å². The van der Waals surface area contributed by atoms with E-state index in [1.165, 1.54) is 6.42 Å². The number of unbranched alkanes of at least 4 members (excludes halogenated alkanes) is 9. The molecule has 0 radical (unpaired) electrons. The van der Waals surface area contributed by atoms with Crippen LogP contribution >= 0.6 is 0 Å². The molecule has 0 saturated carbocycles. The van der Waals surface area contributed by atoms with E-state index in [-0.39, 0.29) is 12.5 Å². The summed E-state index contributed by atoms with van der Waals surface area (Å²) in [5, 5.41) is 53.7. The number of rotatable bonds is 27. The lowest BCUT2D eigenvalue weighted by Gasteiger charge is -2.40. The molecule has 47 heavy (non-hydrogen) atoms. The maximum atomic E-state index is 12.8. The summed E-state index contributed by atoms with van der Waals surface area (Å²) in [6.07, 6.45) is 28.4. The van der Waals surface area contributed by atoms with Gasteiger partial charge in [-0.3, -0.25) is 4.79 Å². The average Bonchev–Trinajstić information content (AvgIpc) is 3.07. The van der Waals surface area contributed by atoms with E-state index >= 15 is 0 Å². The molecule has 0 aliphatic carbocycles. The Labute approximate surface area is 284 Å². The standard InChI is InChI=1S/C38H65NO8/c1-3-5-7-9-11-13-15-16-18-20-22-24-26-28-34(42)39-31(30-46-38-37(45)36(44)35(43)33(29-40)47-38)32(41)27-25-23-21-19-17-14-12-10-8-6-4-2/h7-10,13,15,17,19,25,27,31-33,35-38,40-41,43-45H,3-6,11-12,14,16,18,20-24,26,28-30H2,1-2H3,(H,39,42)/b9-7-,10-8+,15-13-,19-17+,27-25+. The molecule has 0 aromatic heterocycles. The zero-order valence-corrected chi connectivity index (χ0v) is 29.0. The SMILES string of the molecule is CCC/C=C\C/C=C\CCCCCCCC(=O)NC(COC1OC(CO)C(O)C(O)C1O)C(O)/C=C/CC/C=C/CC/C=C/CCC. The number of ether oxygens (including phenoxy) is 2. The van der Waals surface area contributed by atoms with Crippen molar-refractivity contribution >= 4 is 5.91 Å². The summed E-state index contributed by atoms with van der Waals surface area (Å²) < 4.78 is 11.1. The molecule has 1 fully saturated rings. The fraction of sp³-hybridized carbons (Fsp3) is 0.711. The van der Waals surface area contributed by atoms with Crippen molar-refractivity contribution in [2.45, 2.75) is 159 Å². The third-order valence-electron chi connectivity index (χ3n) is 8.00. The molecule has 1 heterocycles. The number of carbonyl (C=O) groups excluding carboxylic acids is 1. The number of hydrogen-bond acceptors (Lipinski definition) is 8. The van der Waals surface area contributed by atoms with Crippen LogP contribution in [0.15, 0.2) is 60.8 Å². The Bertz CT molecular complexity index is 915. The van der Waals surface area contributed by atoms with Crippen LogP contribution in [0.5, 0.6) is 0 Å². The number of carbonyl (C=O) groups is 1. The normalized spacial score (nSPS) is 23.6. The van der Waals surface area contributed by atoms with Gasteiger partial charge in [0.2, 0.25) is 5.91 Å². The van der Waals surface area contributed by atoms with Crippen LogP contribution in [0.25, 0.3) is 0 Å². The van der Waals surface area contributed by atoms with Crippen LogP contribution in [0.3, 0.4) is 0 Å². The molecule has 1 aliphatic rings. The summed E-state index contributed by atoms with van der Waals surface area (Å²) in [7, 11) is 0. The first-order valence-electron chi connectivity index (χ1n) is 18.0. The Morgan fingerprint density at radius 1 is 0.723 bits per heavy atom. The molecule has 6 N–H and O–H groups in total. The van der Waals surface area contributed by atoms with Crippen LogP contribution in [-0.2, 0) is 14.3 Å². The number of hydrogen-bond donors (Lipinski definition) is 6. The summed E-state index contributed by atoms with van der Waals surface area (Å²) in [6.45, 7) is 3.55. The quantitative estimate of drug-likeness (QED) is 0.0484. The highest BCUT2D eigenvalue weighted by molar-refractivity contribution is 5.76. The van der Waals surface area contributed by atoms with Gasteiger partial charge in [-0.15, -0.1) is 0 Å². The van der Waals surface area contributed by atoms with Crippen molar-refractivity contribution in [3.63, 3.8) is 0 Å². The Hall–Kier alpha value is -2.11. The molecule has 9 nitrogen and oxygen atoms in total. The average molecular weight is 664 g/mol. The van der Waals surface area contributed by atoms with Crippen molar-refractivity contribution in [1.29, 1.82) is 0 Å². The third-order valence-corrected chi connectivity index (χ3v) is 8.00. The zero-order valence-electron chi connectivity index (χ0n) is 29.0. The number of nitrogens with one attached hydrogen (secondary N) is 1. The first-order chi connectivity index (χ1) is 22.8. The summed E-state index contributed by atoms with van der Waals surface area (Å²) in [6, 6.07) is -0.833. The Morgan fingerprint density at radius 3 is 1.91 bits per heavy atom. The number of allylic oxidation sites excluding steroid dienone is 9. The van der Waals surface area contributed by atoms with Gasteiger partial charge < -0.3 is 40.3 Å². The van der Waals surface area contributed by atoms with Gasteiger partial charge in [0.1, 0.15) is 24.4 Å². The molecular formula is C38H65NO8. The molecule has 0 aromatic rings. The van der Waals surface area contributed by atoms with E-state index in [1.807, 2.05) is 6.08 Å². The highest BCUT2D eigenvalue weighted by atomic mass is 16.7. The number of aliphatic hydroxyl groups excluding tert-OH is 5. The highest BCUT2D eigenvalue weighted by Gasteiger charge is 2.44. The van der Waals surface area contributed by atoms with Gasteiger partial charge in [0, 0.05) is 6.42 Å². The van der Waals surface area contributed by atoms with E-state index in [2.05, 4.69) is 67.8 Å². The van der Waals surface area contributed by atoms with Gasteiger partial charge in [0.25, 0.3) is 0 Å². The fourth-order valence-corrected chi connectivity index (χ4v) is 5.05. The second kappa shape index (κ2) is 28.9. The smallest absolute Gasteiger partial charge is 0.220 e. The summed E-state index contributed by atoms with van der Waals surface area (Å²) in [5.41, 5.74) is 0. The van der Waals surface area contributed by atoms with Crippen LogP contribution in [0.4, 0.5) is 0 Å². The van der Waals surface area contributed by atoms with Crippen molar-refractivity contribution in [2.75, 3.05) is 13.2 Å². The van der Waals surface area contributed by atoms with E-state index in [1.54, 1.807) is 6.08 Å². The minimum Gasteiger partial charge on any atom is -0.394 e. The molecular weight excluding hydrogens is 598 g/mol. The van der Waals surface area contributed by atoms with E-state index in [0.717, 1.165) is 89.9 Å². The van der Waals surface area contributed by atoms with Crippen molar-refractivity contribution in [2.24, 2.45) is 0 Å². The molecule has 0 spiro atoms. The van der Waals surface area contributed by atoms with Crippen LogP contribution in [0.2, 0.25) is 0 Å². The lowest BCUT2D eigenvalue weighted by Crippen LogP contribution is -2.60. The highest BCUT2D eigenvalue weighted by Crippen LogP contribution is 2.22. The molecule has 0 bridgehead atoms. The summed E-state index contributed by atoms with van der Waals surface area (Å²) in [4.78, 5) is 12.8. The van der Waals surface area contributed by atoms with E-state index in [0.29, 0.717) is 6.42 Å². The fourth-order valence-electron chi connectivity index (χ4n) is 5.05. The molecule has 7 atom stereocenters. The largest absolute Gasteiger partial charge is 0.394 e. The van der Waals surface area contributed by atoms with Gasteiger partial charge >= 0.3 is 0 Å². The number of aliphatic hydroxyl groups is 5. The first-order valence-corrected chi connectivity index (χ1v) is 18.0. The van der Waals surface area contributed by atoms with Crippen molar-refractivity contribution in [1.82, 2.24) is 5.32 Å². The van der Waals surface area contributed by atoms with Crippen molar-refractivity contribution in [3.8, 4) is 0 Å². The Balaban J connectivity index is 2.54. The molecule has 270 valence electrons. The number of amides is 1. The van der Waals surface area contributed by atoms with Crippen LogP contribution < -0.4 is 5.32 Å². The minimum atomic E-state index is -1.58. The van der Waals surface area contributed by atoms with Gasteiger partial charge in [-0.1, -0.05) is 107 Å². The minimum absolute atomic E-state index is 0.213. The Kier molecular flexibility index (Phi) is 26.4. The third kappa shape index (κ3) is 20.8. The zero-order chi connectivity index (χ0) is 34.5. The van der Waals surface area contributed by atoms with Gasteiger partial charge in [-0.05, 0) is 64.2 Å². The topological polar surface area (TPSA) is 149 Å². The lowest BCUT2D eigenvalue weighted by molar-refractivity contribution is -0.302. The molecule has 1 rings (SSSR count). The summed E-state index contributed by atoms with van der Waals surface area (Å²) >= 11 is 0. The van der Waals surface area contributed by atoms with Gasteiger partial charge in [-0.2, -0.15) is 0 Å². The van der Waals surface area contributed by atoms with Crippen molar-refractivity contribution in [3.05, 3.63) is 60.8 Å². The van der Waals surface area contributed by atoms with Crippen LogP contribution in [0, 0.1) is 0 Å². The molecule has 7 unspecified atom stereocenters. The predicted octanol–water partition coefficient (Wildman–Crippen LogP) is 5.71. The monoisotopic (exact) mass is 663 g/mol. The van der Waals surface area contributed by atoms with E-state index in [4.69, 9.17) is 9.47 Å². The van der Waals surface area contributed by atoms with Crippen molar-refractivity contribution < 1.29 is 39.8 Å². The maximum Gasteiger partial charge on any atom is 0.220 e. The molecule has 1 amide bonds.